The third-order valence-electron chi connectivity index (χ3n) is 2.14. The van der Waals surface area contributed by atoms with Crippen LogP contribution in [-0.4, -0.2) is 17.2 Å². The van der Waals surface area contributed by atoms with E-state index in [1.54, 1.807) is 0 Å². The number of rotatable bonds is 3. The Morgan fingerprint density at radius 3 is 2.60 bits per heavy atom. The van der Waals surface area contributed by atoms with E-state index < -0.39 is 23.9 Å². The molecule has 2 nitrogen and oxygen atoms in total. The molecule has 0 aliphatic rings. The van der Waals surface area contributed by atoms with E-state index >= 15 is 0 Å². The third kappa shape index (κ3) is 2.65. The Kier molecular flexibility index (Phi) is 3.63. The molecule has 0 aromatic heterocycles. The molecule has 0 heterocycles. The van der Waals surface area contributed by atoms with E-state index in [0.29, 0.717) is 5.56 Å². The summed E-state index contributed by atoms with van der Waals surface area (Å²) < 4.78 is 25.9. The van der Waals surface area contributed by atoms with Gasteiger partial charge in [0.15, 0.2) is 0 Å². The number of alkyl halides is 1. The Hall–Kier alpha value is -1.16. The van der Waals surface area contributed by atoms with Gasteiger partial charge in [0.05, 0.1) is 5.02 Å². The van der Waals surface area contributed by atoms with Crippen LogP contribution in [0, 0.1) is 5.82 Å². The standard InChI is InChI=1S/C10H9ClF2O2/c1-5(9(13)10(14)15)6-2-3-8(12)7(11)4-6/h2-5,9H,1H3,(H,14,15). The van der Waals surface area contributed by atoms with Crippen LogP contribution >= 0.6 is 11.6 Å². The third-order valence-corrected chi connectivity index (χ3v) is 2.43. The van der Waals surface area contributed by atoms with Crippen LogP contribution in [0.25, 0.3) is 0 Å². The van der Waals surface area contributed by atoms with Crippen molar-refractivity contribution < 1.29 is 18.7 Å². The number of hydrogen-bond acceptors (Lipinski definition) is 1. The number of carboxylic acid groups (broad SMARTS) is 1. The van der Waals surface area contributed by atoms with Crippen LogP contribution < -0.4 is 0 Å². The van der Waals surface area contributed by atoms with Gasteiger partial charge < -0.3 is 5.11 Å². The van der Waals surface area contributed by atoms with Gasteiger partial charge >= 0.3 is 5.97 Å². The number of carbonyl (C=O) groups is 1. The second-order valence-corrected chi connectivity index (χ2v) is 3.61. The smallest absolute Gasteiger partial charge is 0.338 e. The Labute approximate surface area is 90.5 Å². The molecule has 0 amide bonds. The van der Waals surface area contributed by atoms with Crippen molar-refractivity contribution in [1.29, 1.82) is 0 Å². The number of carboxylic acids is 1. The molecule has 5 heteroatoms. The SMILES string of the molecule is CC(c1ccc(F)c(Cl)c1)C(F)C(=O)O. The molecule has 0 saturated carbocycles. The lowest BCUT2D eigenvalue weighted by Crippen LogP contribution is -2.21. The average Bonchev–Trinajstić information content (AvgIpc) is 2.19. The molecule has 0 spiro atoms. The summed E-state index contributed by atoms with van der Waals surface area (Å²) in [6.45, 7) is 1.41. The number of halogens is 3. The lowest BCUT2D eigenvalue weighted by atomic mass is 9.96. The van der Waals surface area contributed by atoms with Gasteiger partial charge in [-0.05, 0) is 17.7 Å². The van der Waals surface area contributed by atoms with Crippen molar-refractivity contribution in [3.05, 3.63) is 34.6 Å². The van der Waals surface area contributed by atoms with Gasteiger partial charge in [-0.1, -0.05) is 24.6 Å². The van der Waals surface area contributed by atoms with Crippen LogP contribution in [0.5, 0.6) is 0 Å². The maximum atomic E-state index is 13.1. The molecule has 82 valence electrons. The zero-order valence-corrected chi connectivity index (χ0v) is 8.63. The zero-order valence-electron chi connectivity index (χ0n) is 7.88. The molecule has 2 unspecified atom stereocenters. The summed E-state index contributed by atoms with van der Waals surface area (Å²) in [4.78, 5) is 10.4. The minimum atomic E-state index is -2.02. The second-order valence-electron chi connectivity index (χ2n) is 3.20. The topological polar surface area (TPSA) is 37.3 Å². The average molecular weight is 235 g/mol. The normalized spacial score (nSPS) is 14.7. The van der Waals surface area contributed by atoms with Crippen LogP contribution in [0.1, 0.15) is 18.4 Å². The van der Waals surface area contributed by atoms with Gasteiger partial charge in [-0.2, -0.15) is 0 Å². The summed E-state index contributed by atoms with van der Waals surface area (Å²) in [5.41, 5.74) is 0.358. The van der Waals surface area contributed by atoms with E-state index in [2.05, 4.69) is 0 Å². The minimum absolute atomic E-state index is 0.142. The van der Waals surface area contributed by atoms with Crippen molar-refractivity contribution in [3.8, 4) is 0 Å². The highest BCUT2D eigenvalue weighted by atomic mass is 35.5. The van der Waals surface area contributed by atoms with Crippen molar-refractivity contribution in [2.75, 3.05) is 0 Å². The Morgan fingerprint density at radius 2 is 2.13 bits per heavy atom. The van der Waals surface area contributed by atoms with Gasteiger partial charge in [0.1, 0.15) is 5.82 Å². The van der Waals surface area contributed by atoms with Crippen LogP contribution in [0.15, 0.2) is 18.2 Å². The van der Waals surface area contributed by atoms with Crippen molar-refractivity contribution in [1.82, 2.24) is 0 Å². The van der Waals surface area contributed by atoms with E-state index in [9.17, 15) is 13.6 Å². The Bertz CT molecular complexity index is 382. The van der Waals surface area contributed by atoms with E-state index in [4.69, 9.17) is 16.7 Å². The number of aliphatic carboxylic acids is 1. The highest BCUT2D eigenvalue weighted by Crippen LogP contribution is 2.25. The van der Waals surface area contributed by atoms with Gasteiger partial charge in [0, 0.05) is 5.92 Å². The van der Waals surface area contributed by atoms with Gasteiger partial charge in [-0.15, -0.1) is 0 Å². The van der Waals surface area contributed by atoms with Crippen LogP contribution in [-0.2, 0) is 4.79 Å². The van der Waals surface area contributed by atoms with E-state index in [1.165, 1.54) is 19.1 Å². The lowest BCUT2D eigenvalue weighted by Gasteiger charge is -2.13. The van der Waals surface area contributed by atoms with E-state index in [1.807, 2.05) is 0 Å². The first-order valence-electron chi connectivity index (χ1n) is 4.25. The molecular weight excluding hydrogens is 226 g/mol. The monoisotopic (exact) mass is 234 g/mol. The van der Waals surface area contributed by atoms with E-state index in [0.717, 1.165) is 6.07 Å². The largest absolute Gasteiger partial charge is 0.479 e. The van der Waals surface area contributed by atoms with Crippen molar-refractivity contribution >= 4 is 17.6 Å². The van der Waals surface area contributed by atoms with Crippen LogP contribution in [0.4, 0.5) is 8.78 Å². The molecule has 1 N–H and O–H groups in total. The van der Waals surface area contributed by atoms with E-state index in [-0.39, 0.29) is 5.02 Å². The zero-order chi connectivity index (χ0) is 11.6. The molecule has 0 bridgehead atoms. The molecular formula is C10H9ClF2O2. The summed E-state index contributed by atoms with van der Waals surface area (Å²) in [5, 5.41) is 8.31. The maximum absolute atomic E-state index is 13.1. The van der Waals surface area contributed by atoms with Crippen LogP contribution in [0.3, 0.4) is 0 Å². The first kappa shape index (κ1) is 11.9. The van der Waals surface area contributed by atoms with Gasteiger partial charge in [0.25, 0.3) is 0 Å². The molecule has 1 aromatic carbocycles. The molecule has 0 aliphatic heterocycles. The summed E-state index contributed by atoms with van der Waals surface area (Å²) in [6.07, 6.45) is -2.02. The molecule has 0 radical (unpaired) electrons. The highest BCUT2D eigenvalue weighted by Gasteiger charge is 2.25. The van der Waals surface area contributed by atoms with Crippen molar-refractivity contribution in [2.24, 2.45) is 0 Å². The predicted octanol–water partition coefficient (Wildman–Crippen LogP) is 3.01. The van der Waals surface area contributed by atoms with Crippen molar-refractivity contribution in [3.63, 3.8) is 0 Å². The van der Waals surface area contributed by atoms with Gasteiger partial charge in [-0.3, -0.25) is 0 Å². The molecule has 15 heavy (non-hydrogen) atoms. The molecule has 2 atom stereocenters. The quantitative estimate of drug-likeness (QED) is 0.873. The van der Waals surface area contributed by atoms with Gasteiger partial charge in [0.2, 0.25) is 6.17 Å². The van der Waals surface area contributed by atoms with Gasteiger partial charge in [-0.25, -0.2) is 13.6 Å². The summed E-state index contributed by atoms with van der Waals surface area (Å²) >= 11 is 5.50. The lowest BCUT2D eigenvalue weighted by molar-refractivity contribution is -0.143. The van der Waals surface area contributed by atoms with Crippen LogP contribution in [0.2, 0.25) is 5.02 Å². The predicted molar refractivity (Wildman–Crippen MR) is 52.4 cm³/mol. The fourth-order valence-electron chi connectivity index (χ4n) is 1.18. The summed E-state index contributed by atoms with van der Waals surface area (Å²) in [6, 6.07) is 3.64. The molecule has 0 aliphatic carbocycles. The molecule has 0 saturated heterocycles. The summed E-state index contributed by atoms with van der Waals surface area (Å²) in [7, 11) is 0. The Morgan fingerprint density at radius 1 is 1.53 bits per heavy atom. The first-order chi connectivity index (χ1) is 6.93. The van der Waals surface area contributed by atoms with Crippen molar-refractivity contribution in [2.45, 2.75) is 19.0 Å². The fraction of sp³-hybridized carbons (Fsp3) is 0.300. The number of hydrogen-bond donors (Lipinski definition) is 1. The maximum Gasteiger partial charge on any atom is 0.338 e. The molecule has 1 aromatic rings. The fourth-order valence-corrected chi connectivity index (χ4v) is 1.37. The highest BCUT2D eigenvalue weighted by molar-refractivity contribution is 6.30. The Balaban J connectivity index is 2.96. The minimum Gasteiger partial charge on any atom is -0.479 e. The first-order valence-corrected chi connectivity index (χ1v) is 4.63. The molecule has 0 fully saturated rings. The molecule has 1 rings (SSSR count). The number of benzene rings is 1. The summed E-state index contributed by atoms with van der Waals surface area (Å²) in [5.74, 6) is -3.01. The second kappa shape index (κ2) is 4.57.